The second kappa shape index (κ2) is 8.57. The number of aromatic amines is 1. The predicted octanol–water partition coefficient (Wildman–Crippen LogP) is 2.84. The van der Waals surface area contributed by atoms with Crippen LogP contribution in [0.15, 0.2) is 60.5 Å². The number of fused-ring (bicyclic) bond motifs is 1. The van der Waals surface area contributed by atoms with Gasteiger partial charge in [-0.25, -0.2) is 10.3 Å². The molecule has 1 amide bonds. The summed E-state index contributed by atoms with van der Waals surface area (Å²) in [6.07, 6.45) is 7.83. The Bertz CT molecular complexity index is 1150. The first-order valence-corrected chi connectivity index (χ1v) is 9.10. The number of carbonyl (C=O) groups excluding carboxylic acids is 1. The summed E-state index contributed by atoms with van der Waals surface area (Å²) in [6.45, 7) is 5.45. The Kier molecular flexibility index (Phi) is 5.94. The van der Waals surface area contributed by atoms with Crippen molar-refractivity contribution >= 4 is 45.9 Å². The van der Waals surface area contributed by atoms with Crippen molar-refractivity contribution < 1.29 is 9.78 Å². The quantitative estimate of drug-likeness (QED) is 0.341. The topological polar surface area (TPSA) is 111 Å². The summed E-state index contributed by atoms with van der Waals surface area (Å²) in [6, 6.07) is 5.62. The van der Waals surface area contributed by atoms with Gasteiger partial charge in [-0.15, -0.1) is 0 Å². The van der Waals surface area contributed by atoms with Crippen LogP contribution in [0.1, 0.15) is 5.56 Å². The summed E-state index contributed by atoms with van der Waals surface area (Å²) in [5.74, 6) is 1.28. The van der Waals surface area contributed by atoms with E-state index in [1.165, 1.54) is 12.3 Å². The maximum Gasteiger partial charge on any atom is 0.397 e. The van der Waals surface area contributed by atoms with Crippen molar-refractivity contribution in [2.24, 2.45) is 10.7 Å². The summed E-state index contributed by atoms with van der Waals surface area (Å²) in [4.78, 5) is 23.2. The third-order valence-corrected chi connectivity index (χ3v) is 4.47. The lowest BCUT2D eigenvalue weighted by atomic mass is 10.2. The predicted molar refractivity (Wildman–Crippen MR) is 117 cm³/mol. The minimum absolute atomic E-state index is 0.264. The fourth-order valence-corrected chi connectivity index (χ4v) is 3.03. The van der Waals surface area contributed by atoms with E-state index in [2.05, 4.69) is 32.2 Å². The van der Waals surface area contributed by atoms with Crippen molar-refractivity contribution in [1.29, 1.82) is 0 Å². The Hall–Kier alpha value is -3.65. The van der Waals surface area contributed by atoms with E-state index in [9.17, 15) is 4.79 Å². The molecule has 8 nitrogen and oxygen atoms in total. The second-order valence-corrected chi connectivity index (χ2v) is 6.53. The molecule has 0 aliphatic rings. The van der Waals surface area contributed by atoms with Crippen LogP contribution < -0.4 is 21.4 Å². The average Bonchev–Trinajstić information content (AvgIpc) is 3.04. The third kappa shape index (κ3) is 4.27. The van der Waals surface area contributed by atoms with E-state index in [1.807, 2.05) is 35.9 Å². The molecule has 2 aromatic heterocycles. The lowest BCUT2D eigenvalue weighted by molar-refractivity contribution is -0.364. The zero-order chi connectivity index (χ0) is 21.0. The van der Waals surface area contributed by atoms with Crippen LogP contribution in [0.2, 0.25) is 5.02 Å². The summed E-state index contributed by atoms with van der Waals surface area (Å²) >= 11 is 6.42. The number of hydrogen-bond acceptors (Lipinski definition) is 4. The van der Waals surface area contributed by atoms with E-state index in [0.29, 0.717) is 28.3 Å². The van der Waals surface area contributed by atoms with Gasteiger partial charge in [0, 0.05) is 30.4 Å². The molecule has 1 aromatic carbocycles. The number of benzene rings is 1. The van der Waals surface area contributed by atoms with E-state index in [4.69, 9.17) is 17.3 Å². The Balaban J connectivity index is 2.05. The number of amidine groups is 1. The number of nitrogens with two attached hydrogens (primary N) is 1. The number of aromatic nitrogens is 3. The molecular weight excluding hydrogens is 390 g/mol. The number of amides is 1. The Morgan fingerprint density at radius 3 is 2.90 bits per heavy atom. The van der Waals surface area contributed by atoms with E-state index in [1.54, 1.807) is 19.3 Å². The molecule has 148 valence electrons. The van der Waals surface area contributed by atoms with Crippen LogP contribution in [0.3, 0.4) is 0 Å². The van der Waals surface area contributed by atoms with Crippen molar-refractivity contribution in [3.05, 3.63) is 66.1 Å². The van der Waals surface area contributed by atoms with Gasteiger partial charge in [-0.1, -0.05) is 23.2 Å². The molecule has 0 fully saturated rings. The summed E-state index contributed by atoms with van der Waals surface area (Å²) in [5.41, 5.74) is 8.03. The molecule has 3 aromatic rings. The van der Waals surface area contributed by atoms with Crippen molar-refractivity contribution in [2.45, 2.75) is 6.92 Å². The second-order valence-electron chi connectivity index (χ2n) is 6.12. The monoisotopic (exact) mass is 410 g/mol. The normalized spacial score (nSPS) is 11.8. The van der Waals surface area contributed by atoms with Crippen LogP contribution in [0.4, 0.5) is 11.6 Å². The van der Waals surface area contributed by atoms with Crippen molar-refractivity contribution in [2.75, 3.05) is 17.7 Å². The average molecular weight is 411 g/mol. The van der Waals surface area contributed by atoms with Gasteiger partial charge in [-0.2, -0.15) is 0 Å². The number of anilines is 2. The first-order valence-electron chi connectivity index (χ1n) is 8.72. The lowest BCUT2D eigenvalue weighted by Crippen LogP contribution is -2.21. The lowest BCUT2D eigenvalue weighted by Gasteiger charge is -2.06. The Morgan fingerprint density at radius 2 is 2.21 bits per heavy atom. The molecule has 0 aliphatic heterocycles. The first-order chi connectivity index (χ1) is 14.0. The highest BCUT2D eigenvalue weighted by Gasteiger charge is 2.18. The van der Waals surface area contributed by atoms with E-state index < -0.39 is 0 Å². The SMILES string of the molecule is C=CC(=O)Nc1ccc2c(c1)c(C)cn2-c1nc(NC(/C=C\N)=NC)[nH+]cc1Cl. The number of hydrogen-bond donors (Lipinski definition) is 3. The summed E-state index contributed by atoms with van der Waals surface area (Å²) < 4.78 is 1.90. The highest BCUT2D eigenvalue weighted by Crippen LogP contribution is 2.29. The van der Waals surface area contributed by atoms with Gasteiger partial charge in [0.05, 0.1) is 11.7 Å². The number of aliphatic imine (C=N–C) groups is 1. The molecule has 9 heteroatoms. The standard InChI is InChI=1S/C20H20ClN7O/c1-4-18(29)25-13-5-6-16-14(9-13)12(2)11-28(16)19-15(21)10-24-20(27-19)26-17(23-3)7-8-22/h4-11H,1,22H2,2-3H3,(H,25,29)(H,23,24,26,27)/p+1/b8-7-. The van der Waals surface area contributed by atoms with Gasteiger partial charge in [0.25, 0.3) is 0 Å². The molecule has 0 radical (unpaired) electrons. The number of nitrogens with one attached hydrogen (secondary N) is 3. The Morgan fingerprint density at radius 1 is 1.41 bits per heavy atom. The van der Waals surface area contributed by atoms with E-state index in [0.717, 1.165) is 16.5 Å². The van der Waals surface area contributed by atoms with Crippen LogP contribution >= 0.6 is 11.6 Å². The molecule has 0 atom stereocenters. The zero-order valence-corrected chi connectivity index (χ0v) is 16.8. The molecule has 5 N–H and O–H groups in total. The third-order valence-electron chi connectivity index (χ3n) is 4.19. The molecule has 2 heterocycles. The fraction of sp³-hybridized carbons (Fsp3) is 0.100. The molecular formula is C20H21ClN7O+. The minimum atomic E-state index is -0.264. The molecule has 0 spiro atoms. The number of nitrogens with zero attached hydrogens (tertiary/aromatic N) is 3. The highest BCUT2D eigenvalue weighted by atomic mass is 35.5. The van der Waals surface area contributed by atoms with Crippen LogP contribution in [-0.4, -0.2) is 28.3 Å². The van der Waals surface area contributed by atoms with Gasteiger partial charge in [0.1, 0.15) is 5.02 Å². The van der Waals surface area contributed by atoms with Crippen molar-refractivity contribution in [3.63, 3.8) is 0 Å². The van der Waals surface area contributed by atoms with E-state index >= 15 is 0 Å². The summed E-state index contributed by atoms with van der Waals surface area (Å²) in [5, 5.41) is 7.23. The van der Waals surface area contributed by atoms with E-state index in [-0.39, 0.29) is 5.91 Å². The number of rotatable bonds is 5. The maximum atomic E-state index is 11.6. The zero-order valence-electron chi connectivity index (χ0n) is 16.0. The molecule has 0 bridgehead atoms. The van der Waals surface area contributed by atoms with Gasteiger partial charge >= 0.3 is 5.95 Å². The number of carbonyl (C=O) groups is 1. The molecule has 0 saturated heterocycles. The van der Waals surface area contributed by atoms with Crippen molar-refractivity contribution in [3.8, 4) is 5.82 Å². The van der Waals surface area contributed by atoms with Gasteiger partial charge in [-0.05, 0) is 43.0 Å². The molecule has 3 rings (SSSR count). The van der Waals surface area contributed by atoms with Gasteiger partial charge in [0.2, 0.25) is 11.7 Å². The smallest absolute Gasteiger partial charge is 0.397 e. The molecule has 29 heavy (non-hydrogen) atoms. The molecule has 0 saturated carbocycles. The number of halogens is 1. The highest BCUT2D eigenvalue weighted by molar-refractivity contribution is 6.32. The molecule has 0 aliphatic carbocycles. The largest absolute Gasteiger partial charge is 0.404 e. The van der Waals surface area contributed by atoms with Crippen LogP contribution in [0.5, 0.6) is 0 Å². The van der Waals surface area contributed by atoms with Gasteiger partial charge in [0.15, 0.2) is 5.84 Å². The minimum Gasteiger partial charge on any atom is -0.404 e. The number of H-pyrrole nitrogens is 1. The summed E-state index contributed by atoms with van der Waals surface area (Å²) in [7, 11) is 1.64. The molecule has 0 unspecified atom stereocenters. The number of aryl methyl sites for hydroxylation is 1. The van der Waals surface area contributed by atoms with Crippen molar-refractivity contribution in [1.82, 2.24) is 9.55 Å². The van der Waals surface area contributed by atoms with Gasteiger partial charge < -0.3 is 11.1 Å². The van der Waals surface area contributed by atoms with Crippen LogP contribution in [0.25, 0.3) is 16.7 Å². The fourth-order valence-electron chi connectivity index (χ4n) is 2.85. The van der Waals surface area contributed by atoms with Crippen LogP contribution in [-0.2, 0) is 4.79 Å². The van der Waals surface area contributed by atoms with Gasteiger partial charge in [-0.3, -0.25) is 14.4 Å². The Labute approximate surface area is 172 Å². The first kappa shape index (κ1) is 20.1. The van der Waals surface area contributed by atoms with Crippen LogP contribution in [0, 0.1) is 6.92 Å². The maximum absolute atomic E-state index is 11.6.